The summed E-state index contributed by atoms with van der Waals surface area (Å²) in [5.74, 6) is 0.0631. The van der Waals surface area contributed by atoms with E-state index in [1.54, 1.807) is 4.90 Å². The maximum absolute atomic E-state index is 12.4. The van der Waals surface area contributed by atoms with Crippen LogP contribution >= 0.6 is 0 Å². The highest BCUT2D eigenvalue weighted by Crippen LogP contribution is 2.26. The number of aromatic amines is 1. The number of nitrogens with zero attached hydrogens (tertiary/aromatic N) is 2. The van der Waals surface area contributed by atoms with Gasteiger partial charge in [-0.15, -0.1) is 0 Å². The summed E-state index contributed by atoms with van der Waals surface area (Å²) in [7, 11) is 0. The molecule has 1 saturated heterocycles. The highest BCUT2D eigenvalue weighted by Gasteiger charge is 2.29. The number of hydrogen-bond acceptors (Lipinski definition) is 4. The lowest BCUT2D eigenvalue weighted by atomic mass is 9.93. The number of amides is 1. The zero-order chi connectivity index (χ0) is 18.2. The third-order valence-corrected chi connectivity index (χ3v) is 4.41. The number of nitrogens with one attached hydrogen (secondary N) is 1. The number of aromatic nitrogens is 2. The Morgan fingerprint density at radius 3 is 2.60 bits per heavy atom. The van der Waals surface area contributed by atoms with Crippen molar-refractivity contribution in [2.45, 2.75) is 52.1 Å². The molecule has 0 unspecified atom stereocenters. The van der Waals surface area contributed by atoms with Crippen molar-refractivity contribution in [3.05, 3.63) is 39.8 Å². The van der Waals surface area contributed by atoms with Gasteiger partial charge < -0.3 is 14.6 Å². The standard InChI is InChI=1S/C19H25N3O3/c1-12-5-6-14-15(11-12)21-17(23)16(20-14)13-7-9-22(10-8-13)18(24)25-19(2,3)4/h5-6,11,13H,7-10H2,1-4H3,(H,21,23). The summed E-state index contributed by atoms with van der Waals surface area (Å²) in [6, 6.07) is 5.85. The van der Waals surface area contributed by atoms with E-state index in [0.29, 0.717) is 31.6 Å². The van der Waals surface area contributed by atoms with Gasteiger partial charge >= 0.3 is 6.09 Å². The lowest BCUT2D eigenvalue weighted by molar-refractivity contribution is 0.0204. The number of piperidine rings is 1. The number of benzene rings is 1. The van der Waals surface area contributed by atoms with Gasteiger partial charge in [-0.2, -0.15) is 0 Å². The molecule has 25 heavy (non-hydrogen) atoms. The number of fused-ring (bicyclic) bond motifs is 1. The summed E-state index contributed by atoms with van der Waals surface area (Å²) < 4.78 is 5.41. The quantitative estimate of drug-likeness (QED) is 0.861. The Morgan fingerprint density at radius 2 is 1.96 bits per heavy atom. The second-order valence-corrected chi connectivity index (χ2v) is 7.71. The zero-order valence-electron chi connectivity index (χ0n) is 15.3. The van der Waals surface area contributed by atoms with E-state index in [-0.39, 0.29) is 17.6 Å². The average Bonchev–Trinajstić information content (AvgIpc) is 2.52. The minimum Gasteiger partial charge on any atom is -0.444 e. The minimum absolute atomic E-state index is 0.0631. The molecule has 3 rings (SSSR count). The van der Waals surface area contributed by atoms with Crippen molar-refractivity contribution in [1.82, 2.24) is 14.9 Å². The first-order chi connectivity index (χ1) is 11.7. The van der Waals surface area contributed by atoms with Crippen LogP contribution in [0.2, 0.25) is 0 Å². The number of likely N-dealkylation sites (tertiary alicyclic amines) is 1. The van der Waals surface area contributed by atoms with Crippen LogP contribution in [0.4, 0.5) is 4.79 Å². The fourth-order valence-electron chi connectivity index (χ4n) is 3.15. The number of rotatable bonds is 1. The van der Waals surface area contributed by atoms with Crippen LogP contribution in [0.1, 0.15) is 50.8 Å². The van der Waals surface area contributed by atoms with Crippen molar-refractivity contribution in [2.75, 3.05) is 13.1 Å². The molecule has 2 heterocycles. The van der Waals surface area contributed by atoms with Crippen LogP contribution in [0.15, 0.2) is 23.0 Å². The van der Waals surface area contributed by atoms with Crippen LogP contribution in [0, 0.1) is 6.92 Å². The van der Waals surface area contributed by atoms with Gasteiger partial charge in [0.2, 0.25) is 0 Å². The van der Waals surface area contributed by atoms with Crippen LogP contribution < -0.4 is 5.56 Å². The summed E-state index contributed by atoms with van der Waals surface area (Å²) in [6.07, 6.45) is 1.14. The molecule has 1 aliphatic heterocycles. The van der Waals surface area contributed by atoms with E-state index in [1.807, 2.05) is 45.9 Å². The maximum Gasteiger partial charge on any atom is 0.410 e. The molecule has 0 saturated carbocycles. The van der Waals surface area contributed by atoms with E-state index in [2.05, 4.69) is 9.97 Å². The number of aryl methyl sites for hydroxylation is 1. The van der Waals surface area contributed by atoms with E-state index >= 15 is 0 Å². The van der Waals surface area contributed by atoms with Gasteiger partial charge in [-0.1, -0.05) is 6.07 Å². The predicted molar refractivity (Wildman–Crippen MR) is 96.9 cm³/mol. The molecule has 0 bridgehead atoms. The first-order valence-corrected chi connectivity index (χ1v) is 8.71. The molecule has 0 spiro atoms. The minimum atomic E-state index is -0.497. The summed E-state index contributed by atoms with van der Waals surface area (Å²) in [4.78, 5) is 33.8. The summed E-state index contributed by atoms with van der Waals surface area (Å²) in [5.41, 5.74) is 2.59. The molecule has 2 aromatic rings. The van der Waals surface area contributed by atoms with Crippen LogP contribution in [0.5, 0.6) is 0 Å². The largest absolute Gasteiger partial charge is 0.444 e. The third-order valence-electron chi connectivity index (χ3n) is 4.41. The molecular formula is C19H25N3O3. The molecule has 0 atom stereocenters. The lowest BCUT2D eigenvalue weighted by Crippen LogP contribution is -2.42. The normalized spacial score (nSPS) is 16.2. The molecule has 1 aromatic heterocycles. The number of carbonyl (C=O) groups is 1. The Morgan fingerprint density at radius 1 is 1.28 bits per heavy atom. The van der Waals surface area contributed by atoms with Gasteiger partial charge in [0.25, 0.3) is 5.56 Å². The van der Waals surface area contributed by atoms with E-state index in [1.165, 1.54) is 0 Å². The van der Waals surface area contributed by atoms with E-state index in [0.717, 1.165) is 16.6 Å². The molecule has 1 amide bonds. The molecule has 134 valence electrons. The van der Waals surface area contributed by atoms with Gasteiger partial charge in [0.15, 0.2) is 0 Å². The Labute approximate surface area is 147 Å². The molecule has 1 N–H and O–H groups in total. The molecule has 0 aliphatic carbocycles. The van der Waals surface area contributed by atoms with Crippen molar-refractivity contribution in [3.8, 4) is 0 Å². The zero-order valence-corrected chi connectivity index (χ0v) is 15.3. The van der Waals surface area contributed by atoms with Crippen LogP contribution in [0.25, 0.3) is 11.0 Å². The van der Waals surface area contributed by atoms with Crippen molar-refractivity contribution in [3.63, 3.8) is 0 Å². The van der Waals surface area contributed by atoms with Gasteiger partial charge in [0, 0.05) is 19.0 Å². The average molecular weight is 343 g/mol. The van der Waals surface area contributed by atoms with Gasteiger partial charge in [-0.25, -0.2) is 9.78 Å². The number of H-pyrrole nitrogens is 1. The topological polar surface area (TPSA) is 75.3 Å². The van der Waals surface area contributed by atoms with Crippen molar-refractivity contribution in [1.29, 1.82) is 0 Å². The fraction of sp³-hybridized carbons (Fsp3) is 0.526. The van der Waals surface area contributed by atoms with E-state index in [4.69, 9.17) is 4.74 Å². The third kappa shape index (κ3) is 4.00. The van der Waals surface area contributed by atoms with Gasteiger partial charge in [-0.3, -0.25) is 4.79 Å². The highest BCUT2D eigenvalue weighted by atomic mass is 16.6. The van der Waals surface area contributed by atoms with E-state index in [9.17, 15) is 9.59 Å². The Kier molecular flexibility index (Phi) is 4.54. The molecule has 6 heteroatoms. The Bertz CT molecular complexity index is 843. The molecule has 6 nitrogen and oxygen atoms in total. The van der Waals surface area contributed by atoms with Crippen LogP contribution in [0.3, 0.4) is 0 Å². The number of carbonyl (C=O) groups excluding carboxylic acids is 1. The monoisotopic (exact) mass is 343 g/mol. The second-order valence-electron chi connectivity index (χ2n) is 7.71. The molecule has 0 radical (unpaired) electrons. The molecule has 1 aromatic carbocycles. The van der Waals surface area contributed by atoms with Crippen molar-refractivity contribution in [2.24, 2.45) is 0 Å². The van der Waals surface area contributed by atoms with E-state index < -0.39 is 5.60 Å². The number of ether oxygens (including phenoxy) is 1. The van der Waals surface area contributed by atoms with Gasteiger partial charge in [0.1, 0.15) is 11.3 Å². The van der Waals surface area contributed by atoms with Gasteiger partial charge in [0.05, 0.1) is 11.0 Å². The SMILES string of the molecule is Cc1ccc2nc(C3CCN(C(=O)OC(C)(C)C)CC3)c(=O)[nH]c2c1. The Hall–Kier alpha value is -2.37. The number of hydrogen-bond donors (Lipinski definition) is 1. The van der Waals surface area contributed by atoms with Crippen molar-refractivity contribution >= 4 is 17.1 Å². The second kappa shape index (κ2) is 6.50. The summed E-state index contributed by atoms with van der Waals surface area (Å²) in [5, 5.41) is 0. The lowest BCUT2D eigenvalue weighted by Gasteiger charge is -2.33. The fourth-order valence-corrected chi connectivity index (χ4v) is 3.15. The van der Waals surface area contributed by atoms with Crippen LogP contribution in [-0.2, 0) is 4.74 Å². The van der Waals surface area contributed by atoms with Gasteiger partial charge in [-0.05, 0) is 58.2 Å². The van der Waals surface area contributed by atoms with Crippen LogP contribution in [-0.4, -0.2) is 39.7 Å². The Balaban J connectivity index is 1.74. The summed E-state index contributed by atoms with van der Waals surface area (Å²) >= 11 is 0. The molecule has 1 aliphatic rings. The summed E-state index contributed by atoms with van der Waals surface area (Å²) in [6.45, 7) is 8.71. The van der Waals surface area contributed by atoms with Crippen molar-refractivity contribution < 1.29 is 9.53 Å². The smallest absolute Gasteiger partial charge is 0.410 e. The molecule has 1 fully saturated rings. The maximum atomic E-state index is 12.4. The molecular weight excluding hydrogens is 318 g/mol. The first kappa shape index (κ1) is 17.5. The predicted octanol–water partition coefficient (Wildman–Crippen LogP) is 3.35. The first-order valence-electron chi connectivity index (χ1n) is 8.71. The highest BCUT2D eigenvalue weighted by molar-refractivity contribution is 5.74.